The van der Waals surface area contributed by atoms with Gasteiger partial charge < -0.3 is 10.2 Å². The fraction of sp³-hybridized carbons (Fsp3) is 0.533. The van der Waals surface area contributed by atoms with E-state index in [1.807, 2.05) is 29.4 Å². The molecular weight excluding hydrogens is 292 g/mol. The van der Waals surface area contributed by atoms with Crippen LogP contribution in [0.3, 0.4) is 0 Å². The Morgan fingerprint density at radius 2 is 2.30 bits per heavy atom. The second-order valence-corrected chi connectivity index (χ2v) is 6.78. The van der Waals surface area contributed by atoms with Gasteiger partial charge in [0, 0.05) is 24.0 Å². The van der Waals surface area contributed by atoms with Crippen LogP contribution in [-0.4, -0.2) is 42.7 Å². The molecule has 3 rings (SSSR count). The third-order valence-electron chi connectivity index (χ3n) is 4.35. The normalized spacial score (nSPS) is 25.6. The Morgan fingerprint density at radius 3 is 3.10 bits per heavy atom. The van der Waals surface area contributed by atoms with Gasteiger partial charge in [-0.3, -0.25) is 4.79 Å². The van der Waals surface area contributed by atoms with Crippen molar-refractivity contribution in [2.75, 3.05) is 25.9 Å². The number of nitrogens with one attached hydrogen (secondary N) is 1. The van der Waals surface area contributed by atoms with Crippen molar-refractivity contribution in [2.45, 2.75) is 23.8 Å². The second kappa shape index (κ2) is 5.96. The average Bonchev–Trinajstić information content (AvgIpc) is 2.94. The minimum atomic E-state index is 0.0799. The molecule has 1 N–H and O–H groups in total. The molecule has 1 aromatic rings. The van der Waals surface area contributed by atoms with E-state index in [0.29, 0.717) is 22.5 Å². The summed E-state index contributed by atoms with van der Waals surface area (Å²) in [6.45, 7) is 2.77. The summed E-state index contributed by atoms with van der Waals surface area (Å²) >= 11 is 7.84. The molecule has 2 atom stereocenters. The molecule has 0 aliphatic carbocycles. The maximum Gasteiger partial charge on any atom is 0.255 e. The zero-order chi connectivity index (χ0) is 14.1. The number of amides is 1. The molecule has 3 nitrogen and oxygen atoms in total. The quantitative estimate of drug-likeness (QED) is 0.853. The highest BCUT2D eigenvalue weighted by Crippen LogP contribution is 2.28. The van der Waals surface area contributed by atoms with E-state index in [2.05, 4.69) is 5.32 Å². The lowest BCUT2D eigenvalue weighted by molar-refractivity contribution is 0.0662. The van der Waals surface area contributed by atoms with Gasteiger partial charge in [-0.25, -0.2) is 0 Å². The Bertz CT molecular complexity index is 523. The number of hydrogen-bond acceptors (Lipinski definition) is 3. The van der Waals surface area contributed by atoms with Gasteiger partial charge in [-0.1, -0.05) is 11.6 Å². The summed E-state index contributed by atoms with van der Waals surface area (Å²) in [5.74, 6) is 0.687. The van der Waals surface area contributed by atoms with Gasteiger partial charge in [-0.2, -0.15) is 0 Å². The van der Waals surface area contributed by atoms with E-state index < -0.39 is 0 Å². The molecule has 2 saturated heterocycles. The number of hydrogen-bond donors (Lipinski definition) is 1. The van der Waals surface area contributed by atoms with E-state index in [9.17, 15) is 4.79 Å². The van der Waals surface area contributed by atoms with Gasteiger partial charge in [-0.15, -0.1) is 11.8 Å². The maximum absolute atomic E-state index is 12.7. The topological polar surface area (TPSA) is 32.3 Å². The number of carbonyl (C=O) groups excluding carboxylic acids is 1. The molecule has 1 aromatic carbocycles. The van der Waals surface area contributed by atoms with E-state index in [1.54, 1.807) is 11.8 Å². The number of thioether (sulfide) groups is 1. The molecule has 2 fully saturated rings. The van der Waals surface area contributed by atoms with Crippen molar-refractivity contribution >= 4 is 29.3 Å². The molecule has 5 heteroatoms. The summed E-state index contributed by atoms with van der Waals surface area (Å²) in [5, 5.41) is 4.08. The third kappa shape index (κ3) is 2.69. The smallest absolute Gasteiger partial charge is 0.255 e. The number of likely N-dealkylation sites (tertiary alicyclic amines) is 1. The van der Waals surface area contributed by atoms with Crippen molar-refractivity contribution in [2.24, 2.45) is 5.92 Å². The number of carbonyl (C=O) groups is 1. The minimum Gasteiger partial charge on any atom is -0.338 e. The largest absolute Gasteiger partial charge is 0.338 e. The maximum atomic E-state index is 12.7. The fourth-order valence-electron chi connectivity index (χ4n) is 3.20. The molecule has 0 aromatic heterocycles. The second-order valence-electron chi connectivity index (χ2n) is 5.49. The first kappa shape index (κ1) is 14.2. The Labute approximate surface area is 129 Å². The number of fused-ring (bicyclic) bond motifs is 1. The van der Waals surface area contributed by atoms with Gasteiger partial charge in [0.15, 0.2) is 0 Å². The van der Waals surface area contributed by atoms with E-state index in [1.165, 1.54) is 6.42 Å². The Morgan fingerprint density at radius 1 is 1.45 bits per heavy atom. The molecule has 108 valence electrons. The van der Waals surface area contributed by atoms with E-state index in [4.69, 9.17) is 11.6 Å². The standard InChI is InChI=1S/C15H19ClN2OS/c1-20-11-2-3-13(16)12(8-11)15(19)18-7-5-14-10(9-18)4-6-17-14/h2-3,8,10,14,17H,4-7,9H2,1H3. The van der Waals surface area contributed by atoms with Crippen molar-refractivity contribution < 1.29 is 4.79 Å². The van der Waals surface area contributed by atoms with Crippen LogP contribution in [0.5, 0.6) is 0 Å². The van der Waals surface area contributed by atoms with E-state index in [-0.39, 0.29) is 5.91 Å². The zero-order valence-electron chi connectivity index (χ0n) is 11.6. The number of rotatable bonds is 2. The summed E-state index contributed by atoms with van der Waals surface area (Å²) in [5.41, 5.74) is 0.642. The number of nitrogens with zero attached hydrogens (tertiary/aromatic N) is 1. The lowest BCUT2D eigenvalue weighted by atomic mass is 9.93. The summed E-state index contributed by atoms with van der Waals surface area (Å²) in [6.07, 6.45) is 4.23. The molecule has 2 aliphatic rings. The molecular formula is C15H19ClN2OS. The number of benzene rings is 1. The summed E-state index contributed by atoms with van der Waals surface area (Å²) < 4.78 is 0. The van der Waals surface area contributed by atoms with Crippen LogP contribution in [0.2, 0.25) is 5.02 Å². The van der Waals surface area contributed by atoms with Crippen molar-refractivity contribution in [3.63, 3.8) is 0 Å². The predicted octanol–water partition coefficient (Wildman–Crippen LogP) is 2.89. The molecule has 0 radical (unpaired) electrons. The van der Waals surface area contributed by atoms with Gasteiger partial charge in [0.05, 0.1) is 10.6 Å². The van der Waals surface area contributed by atoms with Crippen LogP contribution in [0.4, 0.5) is 0 Å². The van der Waals surface area contributed by atoms with E-state index >= 15 is 0 Å². The van der Waals surface area contributed by atoms with Crippen LogP contribution < -0.4 is 5.32 Å². The lowest BCUT2D eigenvalue weighted by Gasteiger charge is -2.35. The highest BCUT2D eigenvalue weighted by molar-refractivity contribution is 7.98. The van der Waals surface area contributed by atoms with Crippen LogP contribution in [0.1, 0.15) is 23.2 Å². The number of halogens is 1. The zero-order valence-corrected chi connectivity index (χ0v) is 13.1. The monoisotopic (exact) mass is 310 g/mol. The Hall–Kier alpha value is -0.710. The molecule has 2 aliphatic heterocycles. The highest BCUT2D eigenvalue weighted by atomic mass is 35.5. The number of piperidine rings is 1. The van der Waals surface area contributed by atoms with Crippen LogP contribution in [-0.2, 0) is 0 Å². The van der Waals surface area contributed by atoms with Crippen LogP contribution in [0, 0.1) is 5.92 Å². The van der Waals surface area contributed by atoms with E-state index in [0.717, 1.165) is 31.0 Å². The lowest BCUT2D eigenvalue weighted by Crippen LogP contribution is -2.46. The minimum absolute atomic E-state index is 0.0799. The molecule has 2 heterocycles. The van der Waals surface area contributed by atoms with Gasteiger partial charge in [0.25, 0.3) is 5.91 Å². The first-order valence-electron chi connectivity index (χ1n) is 7.05. The predicted molar refractivity (Wildman–Crippen MR) is 83.7 cm³/mol. The van der Waals surface area contributed by atoms with Gasteiger partial charge in [0.1, 0.15) is 0 Å². The summed E-state index contributed by atoms with van der Waals surface area (Å²) in [4.78, 5) is 15.7. The van der Waals surface area contributed by atoms with Crippen LogP contribution in [0.15, 0.2) is 23.1 Å². The van der Waals surface area contributed by atoms with Gasteiger partial charge in [-0.05, 0) is 49.8 Å². The average molecular weight is 311 g/mol. The van der Waals surface area contributed by atoms with Crippen LogP contribution in [0.25, 0.3) is 0 Å². The molecule has 2 unspecified atom stereocenters. The summed E-state index contributed by atoms with van der Waals surface area (Å²) in [6, 6.07) is 6.29. The fourth-order valence-corrected chi connectivity index (χ4v) is 3.84. The summed E-state index contributed by atoms with van der Waals surface area (Å²) in [7, 11) is 0. The van der Waals surface area contributed by atoms with Crippen molar-refractivity contribution in [3.05, 3.63) is 28.8 Å². The molecule has 1 amide bonds. The Kier molecular flexibility index (Phi) is 4.24. The SMILES string of the molecule is CSc1ccc(Cl)c(C(=O)N2CCC3NCCC3C2)c1. The Balaban J connectivity index is 1.78. The molecule has 0 bridgehead atoms. The highest BCUT2D eigenvalue weighted by Gasteiger charge is 2.34. The first-order chi connectivity index (χ1) is 9.69. The van der Waals surface area contributed by atoms with Crippen molar-refractivity contribution in [3.8, 4) is 0 Å². The van der Waals surface area contributed by atoms with Gasteiger partial charge >= 0.3 is 0 Å². The third-order valence-corrected chi connectivity index (χ3v) is 5.40. The van der Waals surface area contributed by atoms with Crippen molar-refractivity contribution in [1.82, 2.24) is 10.2 Å². The first-order valence-corrected chi connectivity index (χ1v) is 8.65. The molecule has 0 spiro atoms. The molecule has 20 heavy (non-hydrogen) atoms. The van der Waals surface area contributed by atoms with Crippen molar-refractivity contribution in [1.29, 1.82) is 0 Å². The molecule has 0 saturated carbocycles. The van der Waals surface area contributed by atoms with Crippen LogP contribution >= 0.6 is 23.4 Å². The van der Waals surface area contributed by atoms with Gasteiger partial charge in [0.2, 0.25) is 0 Å².